The number of rotatable bonds is 3. The molecule has 3 heteroatoms. The van der Waals surface area contributed by atoms with Gasteiger partial charge in [-0.25, -0.2) is 0 Å². The Morgan fingerprint density at radius 2 is 2.21 bits per heavy atom. The minimum atomic E-state index is -0.157. The number of para-hydroxylation sites is 1. The average molecular weight is 191 g/mol. The van der Waals surface area contributed by atoms with Gasteiger partial charge in [0.2, 0.25) is 5.91 Å². The summed E-state index contributed by atoms with van der Waals surface area (Å²) in [4.78, 5) is 11.0. The van der Waals surface area contributed by atoms with E-state index in [4.69, 9.17) is 0 Å². The van der Waals surface area contributed by atoms with Gasteiger partial charge in [0, 0.05) is 12.1 Å². The maximum atomic E-state index is 11.0. The topological polar surface area (TPSA) is 49.3 Å². The van der Waals surface area contributed by atoms with Crippen LogP contribution in [0.3, 0.4) is 0 Å². The molecule has 0 aliphatic rings. The molecule has 2 N–H and O–H groups in total. The molecule has 0 unspecified atom stereocenters. The molecule has 0 saturated carbocycles. The summed E-state index contributed by atoms with van der Waals surface area (Å²) in [7, 11) is 0. The highest BCUT2D eigenvalue weighted by molar-refractivity contribution is 5.87. The number of phenolic OH excluding ortho intramolecular Hbond substituents is 1. The Labute approximate surface area is 83.1 Å². The Hall–Kier alpha value is -1.77. The minimum Gasteiger partial charge on any atom is -0.508 e. The fourth-order valence-electron chi connectivity index (χ4n) is 1.05. The summed E-state index contributed by atoms with van der Waals surface area (Å²) < 4.78 is 0. The zero-order chi connectivity index (χ0) is 10.4. The first-order chi connectivity index (χ1) is 6.74. The van der Waals surface area contributed by atoms with Crippen molar-refractivity contribution in [2.24, 2.45) is 0 Å². The Kier molecular flexibility index (Phi) is 3.73. The van der Waals surface area contributed by atoms with Gasteiger partial charge in [-0.15, -0.1) is 0 Å². The number of allylic oxidation sites excluding steroid dienone is 1. The second-order valence-electron chi connectivity index (χ2n) is 2.85. The predicted molar refractivity (Wildman–Crippen MR) is 54.8 cm³/mol. The van der Waals surface area contributed by atoms with Crippen molar-refractivity contribution < 1.29 is 9.90 Å². The third-order valence-corrected chi connectivity index (χ3v) is 1.76. The Bertz CT molecular complexity index is 345. The van der Waals surface area contributed by atoms with Crippen molar-refractivity contribution in [1.82, 2.24) is 5.32 Å². The smallest absolute Gasteiger partial charge is 0.243 e. The molecule has 1 rings (SSSR count). The SMILES string of the molecule is C/C=C/C(=O)NCc1ccccc1O. The van der Waals surface area contributed by atoms with Crippen molar-refractivity contribution in [3.63, 3.8) is 0 Å². The molecule has 0 spiro atoms. The van der Waals surface area contributed by atoms with Crippen LogP contribution < -0.4 is 5.32 Å². The number of phenols is 1. The van der Waals surface area contributed by atoms with Gasteiger partial charge < -0.3 is 10.4 Å². The number of amides is 1. The molecule has 1 amide bonds. The van der Waals surface area contributed by atoms with E-state index in [1.807, 2.05) is 6.07 Å². The zero-order valence-corrected chi connectivity index (χ0v) is 8.03. The molecule has 14 heavy (non-hydrogen) atoms. The van der Waals surface area contributed by atoms with Crippen LogP contribution in [0.25, 0.3) is 0 Å². The highest BCUT2D eigenvalue weighted by Gasteiger charge is 2.00. The van der Waals surface area contributed by atoms with Gasteiger partial charge in [0.05, 0.1) is 0 Å². The summed E-state index contributed by atoms with van der Waals surface area (Å²) in [5.41, 5.74) is 0.713. The van der Waals surface area contributed by atoms with Crippen LogP contribution in [-0.4, -0.2) is 11.0 Å². The first-order valence-electron chi connectivity index (χ1n) is 4.41. The van der Waals surface area contributed by atoms with Crippen LogP contribution in [0.2, 0.25) is 0 Å². The molecule has 0 atom stereocenters. The van der Waals surface area contributed by atoms with E-state index in [0.717, 1.165) is 0 Å². The van der Waals surface area contributed by atoms with Gasteiger partial charge in [-0.1, -0.05) is 24.3 Å². The monoisotopic (exact) mass is 191 g/mol. The lowest BCUT2D eigenvalue weighted by molar-refractivity contribution is -0.116. The molecule has 0 aliphatic carbocycles. The van der Waals surface area contributed by atoms with E-state index < -0.39 is 0 Å². The van der Waals surface area contributed by atoms with Crippen LogP contribution in [0, 0.1) is 0 Å². The lowest BCUT2D eigenvalue weighted by Crippen LogP contribution is -2.20. The average Bonchev–Trinajstić information content (AvgIpc) is 2.17. The number of hydrogen-bond donors (Lipinski definition) is 2. The predicted octanol–water partition coefficient (Wildman–Crippen LogP) is 1.58. The third kappa shape index (κ3) is 2.94. The van der Waals surface area contributed by atoms with E-state index in [1.165, 1.54) is 6.08 Å². The van der Waals surface area contributed by atoms with Gasteiger partial charge in [0.25, 0.3) is 0 Å². The lowest BCUT2D eigenvalue weighted by Gasteiger charge is -2.04. The molecule has 0 heterocycles. The molecule has 0 bridgehead atoms. The number of benzene rings is 1. The molecule has 74 valence electrons. The van der Waals surface area contributed by atoms with Crippen molar-refractivity contribution in [2.75, 3.05) is 0 Å². The van der Waals surface area contributed by atoms with Crippen LogP contribution in [-0.2, 0) is 11.3 Å². The minimum absolute atomic E-state index is 0.157. The van der Waals surface area contributed by atoms with Gasteiger partial charge in [-0.3, -0.25) is 4.79 Å². The van der Waals surface area contributed by atoms with Gasteiger partial charge in [-0.2, -0.15) is 0 Å². The van der Waals surface area contributed by atoms with Crippen molar-refractivity contribution >= 4 is 5.91 Å². The van der Waals surface area contributed by atoms with Crippen molar-refractivity contribution in [3.8, 4) is 5.75 Å². The maximum absolute atomic E-state index is 11.0. The van der Waals surface area contributed by atoms with Gasteiger partial charge in [-0.05, 0) is 19.1 Å². The molecule has 0 saturated heterocycles. The van der Waals surface area contributed by atoms with E-state index in [1.54, 1.807) is 31.2 Å². The molecular formula is C11H13NO2. The Morgan fingerprint density at radius 1 is 1.50 bits per heavy atom. The highest BCUT2D eigenvalue weighted by atomic mass is 16.3. The summed E-state index contributed by atoms with van der Waals surface area (Å²) in [6.45, 7) is 2.12. The van der Waals surface area contributed by atoms with E-state index >= 15 is 0 Å². The molecular weight excluding hydrogens is 178 g/mol. The molecule has 1 aromatic carbocycles. The number of hydrogen-bond acceptors (Lipinski definition) is 2. The zero-order valence-electron chi connectivity index (χ0n) is 8.03. The Morgan fingerprint density at radius 3 is 2.86 bits per heavy atom. The standard InChI is InChI=1S/C11H13NO2/c1-2-5-11(14)12-8-9-6-3-4-7-10(9)13/h2-7,13H,8H2,1H3,(H,12,14)/b5-2+. The van der Waals surface area contributed by atoms with E-state index in [9.17, 15) is 9.90 Å². The number of aromatic hydroxyl groups is 1. The van der Waals surface area contributed by atoms with Gasteiger partial charge in [0.15, 0.2) is 0 Å². The van der Waals surface area contributed by atoms with Crippen LogP contribution >= 0.6 is 0 Å². The van der Waals surface area contributed by atoms with E-state index in [2.05, 4.69) is 5.32 Å². The van der Waals surface area contributed by atoms with Crippen LogP contribution in [0.5, 0.6) is 5.75 Å². The fraction of sp³-hybridized carbons (Fsp3) is 0.182. The fourth-order valence-corrected chi connectivity index (χ4v) is 1.05. The third-order valence-electron chi connectivity index (χ3n) is 1.76. The molecule has 0 aromatic heterocycles. The summed E-state index contributed by atoms with van der Waals surface area (Å²) in [5, 5.41) is 12.0. The number of carbonyl (C=O) groups excluding carboxylic acids is 1. The van der Waals surface area contributed by atoms with Gasteiger partial charge >= 0.3 is 0 Å². The summed E-state index contributed by atoms with van der Waals surface area (Å²) in [6, 6.07) is 6.92. The molecule has 3 nitrogen and oxygen atoms in total. The van der Waals surface area contributed by atoms with Crippen molar-refractivity contribution in [2.45, 2.75) is 13.5 Å². The van der Waals surface area contributed by atoms with Crippen LogP contribution in [0.4, 0.5) is 0 Å². The largest absolute Gasteiger partial charge is 0.508 e. The van der Waals surface area contributed by atoms with Crippen LogP contribution in [0.15, 0.2) is 36.4 Å². The quantitative estimate of drug-likeness (QED) is 0.713. The number of nitrogens with one attached hydrogen (secondary N) is 1. The molecule has 0 radical (unpaired) electrons. The second kappa shape index (κ2) is 5.07. The van der Waals surface area contributed by atoms with Gasteiger partial charge in [0.1, 0.15) is 5.75 Å². The maximum Gasteiger partial charge on any atom is 0.243 e. The second-order valence-corrected chi connectivity index (χ2v) is 2.85. The van der Waals surface area contributed by atoms with Crippen molar-refractivity contribution in [3.05, 3.63) is 42.0 Å². The summed E-state index contributed by atoms with van der Waals surface area (Å²) in [6.07, 6.45) is 3.11. The number of carbonyl (C=O) groups is 1. The lowest BCUT2D eigenvalue weighted by atomic mass is 10.2. The highest BCUT2D eigenvalue weighted by Crippen LogP contribution is 2.14. The van der Waals surface area contributed by atoms with Crippen molar-refractivity contribution in [1.29, 1.82) is 0 Å². The summed E-state index contributed by atoms with van der Waals surface area (Å²) in [5.74, 6) is 0.0454. The van der Waals surface area contributed by atoms with E-state index in [-0.39, 0.29) is 11.7 Å². The Balaban J connectivity index is 2.54. The first-order valence-corrected chi connectivity index (χ1v) is 4.41. The molecule has 1 aromatic rings. The molecule has 0 aliphatic heterocycles. The first kappa shape index (κ1) is 10.3. The molecule has 0 fully saturated rings. The van der Waals surface area contributed by atoms with Crippen LogP contribution in [0.1, 0.15) is 12.5 Å². The normalized spacial score (nSPS) is 10.4. The summed E-state index contributed by atoms with van der Waals surface area (Å²) >= 11 is 0. The van der Waals surface area contributed by atoms with E-state index in [0.29, 0.717) is 12.1 Å².